The van der Waals surface area contributed by atoms with Crippen LogP contribution in [0.3, 0.4) is 0 Å². The van der Waals surface area contributed by atoms with Crippen LogP contribution in [-0.4, -0.2) is 48.7 Å². The fourth-order valence-corrected chi connectivity index (χ4v) is 4.20. The zero-order valence-corrected chi connectivity index (χ0v) is 13.3. The Morgan fingerprint density at radius 3 is 2.47 bits per heavy atom. The molecule has 110 valence electrons. The molecule has 0 amide bonds. The summed E-state index contributed by atoms with van der Waals surface area (Å²) in [6.07, 6.45) is 0.855. The molecule has 0 aromatic carbocycles. The molecule has 1 unspecified atom stereocenters. The second-order valence-corrected chi connectivity index (χ2v) is 6.73. The van der Waals surface area contributed by atoms with Crippen LogP contribution in [0, 0.1) is 13.8 Å². The van der Waals surface area contributed by atoms with Gasteiger partial charge in [-0.15, -0.1) is 12.4 Å². The van der Waals surface area contributed by atoms with Gasteiger partial charge in [0, 0.05) is 26.7 Å². The van der Waals surface area contributed by atoms with Crippen molar-refractivity contribution in [2.24, 2.45) is 7.05 Å². The summed E-state index contributed by atoms with van der Waals surface area (Å²) < 4.78 is 28.3. The minimum Gasteiger partial charge on any atom is -0.315 e. The Balaban J connectivity index is 0.00000180. The lowest BCUT2D eigenvalue weighted by Crippen LogP contribution is -2.38. The van der Waals surface area contributed by atoms with Gasteiger partial charge in [-0.25, -0.2) is 8.42 Å². The van der Waals surface area contributed by atoms with Gasteiger partial charge in [0.1, 0.15) is 4.90 Å². The van der Waals surface area contributed by atoms with Crippen LogP contribution in [0.2, 0.25) is 0 Å². The number of sulfonamides is 1. The lowest BCUT2D eigenvalue weighted by atomic mass is 10.3. The molecule has 1 aliphatic heterocycles. The number of halogens is 1. The molecule has 0 bridgehead atoms. The number of hydrogen-bond donors (Lipinski definition) is 1. The molecule has 1 aliphatic rings. The summed E-state index contributed by atoms with van der Waals surface area (Å²) in [4.78, 5) is 0.347. The van der Waals surface area contributed by atoms with Crippen molar-refractivity contribution in [1.82, 2.24) is 19.4 Å². The molecule has 1 fully saturated rings. The topological polar surface area (TPSA) is 67.2 Å². The van der Waals surface area contributed by atoms with E-state index in [9.17, 15) is 8.42 Å². The van der Waals surface area contributed by atoms with Crippen LogP contribution in [0.15, 0.2) is 4.90 Å². The van der Waals surface area contributed by atoms with Gasteiger partial charge in [-0.2, -0.15) is 9.40 Å². The van der Waals surface area contributed by atoms with Gasteiger partial charge in [0.05, 0.1) is 11.4 Å². The highest BCUT2D eigenvalue weighted by molar-refractivity contribution is 7.89. The van der Waals surface area contributed by atoms with Crippen LogP contribution in [0.1, 0.15) is 17.8 Å². The molecule has 2 rings (SSSR count). The number of likely N-dealkylation sites (N-methyl/N-ethyl adjacent to an activating group) is 1. The molecule has 0 spiro atoms. The summed E-state index contributed by atoms with van der Waals surface area (Å²) in [5.74, 6) is 0. The highest BCUT2D eigenvalue weighted by Gasteiger charge is 2.33. The molecule has 0 saturated carbocycles. The van der Waals surface area contributed by atoms with Crippen LogP contribution in [0.5, 0.6) is 0 Å². The van der Waals surface area contributed by atoms with E-state index in [4.69, 9.17) is 0 Å². The van der Waals surface area contributed by atoms with Crippen molar-refractivity contribution in [3.8, 4) is 0 Å². The van der Waals surface area contributed by atoms with Gasteiger partial charge >= 0.3 is 0 Å². The number of nitrogens with one attached hydrogen (secondary N) is 1. The largest absolute Gasteiger partial charge is 0.315 e. The van der Waals surface area contributed by atoms with E-state index in [2.05, 4.69) is 10.4 Å². The molecule has 1 N–H and O–H groups in total. The number of hydrogen-bond acceptors (Lipinski definition) is 4. The first-order chi connectivity index (χ1) is 8.35. The van der Waals surface area contributed by atoms with Crippen LogP contribution < -0.4 is 5.32 Å². The molecule has 1 aromatic rings. The average molecular weight is 309 g/mol. The molecule has 1 saturated heterocycles. The maximum absolute atomic E-state index is 12.6. The van der Waals surface area contributed by atoms with E-state index in [1.165, 1.54) is 4.31 Å². The Kier molecular flexibility index (Phi) is 5.00. The van der Waals surface area contributed by atoms with Crippen molar-refractivity contribution in [3.05, 3.63) is 11.4 Å². The Hall–Kier alpha value is -0.630. The third-order valence-corrected chi connectivity index (χ3v) is 5.79. The average Bonchev–Trinajstić information content (AvgIpc) is 2.87. The first kappa shape index (κ1) is 16.4. The van der Waals surface area contributed by atoms with Crippen LogP contribution in [0.25, 0.3) is 0 Å². The van der Waals surface area contributed by atoms with E-state index in [1.807, 2.05) is 0 Å². The normalized spacial score (nSPS) is 19.7. The third-order valence-electron chi connectivity index (χ3n) is 3.63. The molecule has 8 heteroatoms. The van der Waals surface area contributed by atoms with E-state index < -0.39 is 10.0 Å². The van der Waals surface area contributed by atoms with Gasteiger partial charge in [0.2, 0.25) is 10.0 Å². The van der Waals surface area contributed by atoms with Crippen molar-refractivity contribution in [2.45, 2.75) is 31.2 Å². The second-order valence-electron chi connectivity index (χ2n) is 4.79. The molecule has 1 aromatic heterocycles. The predicted octanol–water partition coefficient (Wildman–Crippen LogP) is 0.441. The summed E-state index contributed by atoms with van der Waals surface area (Å²) in [5.41, 5.74) is 1.25. The first-order valence-corrected chi connectivity index (χ1v) is 7.48. The summed E-state index contributed by atoms with van der Waals surface area (Å²) in [6, 6.07) is 0.0361. The molecular formula is C11H21ClN4O2S. The van der Waals surface area contributed by atoms with Gasteiger partial charge in [0.25, 0.3) is 0 Å². The number of aromatic nitrogens is 2. The van der Waals surface area contributed by atoms with E-state index in [0.29, 0.717) is 22.8 Å². The minimum atomic E-state index is -3.45. The summed E-state index contributed by atoms with van der Waals surface area (Å²) in [7, 11) is -0.0389. The third kappa shape index (κ3) is 2.79. The van der Waals surface area contributed by atoms with Gasteiger partial charge < -0.3 is 5.32 Å². The summed E-state index contributed by atoms with van der Waals surface area (Å²) >= 11 is 0. The van der Waals surface area contributed by atoms with E-state index in [1.54, 1.807) is 32.6 Å². The fraction of sp³-hybridized carbons (Fsp3) is 0.727. The zero-order chi connectivity index (χ0) is 13.5. The number of aryl methyl sites for hydroxylation is 2. The van der Waals surface area contributed by atoms with E-state index >= 15 is 0 Å². The number of rotatable bonds is 3. The van der Waals surface area contributed by atoms with Gasteiger partial charge in [-0.3, -0.25) is 4.68 Å². The molecule has 1 atom stereocenters. The van der Waals surface area contributed by atoms with Crippen molar-refractivity contribution in [2.75, 3.05) is 20.1 Å². The minimum absolute atomic E-state index is 0. The summed E-state index contributed by atoms with van der Waals surface area (Å²) in [5, 5.41) is 7.37. The van der Waals surface area contributed by atoms with Crippen molar-refractivity contribution < 1.29 is 8.42 Å². The van der Waals surface area contributed by atoms with Gasteiger partial charge in [0.15, 0.2) is 0 Å². The van der Waals surface area contributed by atoms with Crippen molar-refractivity contribution >= 4 is 22.4 Å². The SMILES string of the molecule is Cc1nn(C)c(C)c1S(=O)(=O)N(C)C1CCNC1.Cl. The molecule has 19 heavy (non-hydrogen) atoms. The van der Waals surface area contributed by atoms with Gasteiger partial charge in [-0.05, 0) is 26.8 Å². The smallest absolute Gasteiger partial charge is 0.246 e. The maximum Gasteiger partial charge on any atom is 0.246 e. The first-order valence-electron chi connectivity index (χ1n) is 6.04. The zero-order valence-electron chi connectivity index (χ0n) is 11.7. The van der Waals surface area contributed by atoms with Crippen molar-refractivity contribution in [1.29, 1.82) is 0 Å². The highest BCUT2D eigenvalue weighted by Crippen LogP contribution is 2.24. The highest BCUT2D eigenvalue weighted by atomic mass is 35.5. The Bertz CT molecular complexity index is 549. The molecule has 0 aliphatic carbocycles. The quantitative estimate of drug-likeness (QED) is 0.880. The molecule has 2 heterocycles. The van der Waals surface area contributed by atoms with Gasteiger partial charge in [-0.1, -0.05) is 0 Å². The summed E-state index contributed by atoms with van der Waals surface area (Å²) in [6.45, 7) is 5.11. The molecule has 6 nitrogen and oxygen atoms in total. The van der Waals surface area contributed by atoms with Crippen LogP contribution in [-0.2, 0) is 17.1 Å². The molecular weight excluding hydrogens is 288 g/mol. The standard InChI is InChI=1S/C11H20N4O2S.ClH/c1-8-11(9(2)14(3)13-8)18(16,17)15(4)10-5-6-12-7-10;/h10,12H,5-7H2,1-4H3;1H. The van der Waals surface area contributed by atoms with Crippen molar-refractivity contribution in [3.63, 3.8) is 0 Å². The van der Waals surface area contributed by atoms with E-state index in [0.717, 1.165) is 13.0 Å². The Morgan fingerprint density at radius 2 is 2.05 bits per heavy atom. The molecule has 0 radical (unpaired) electrons. The lowest BCUT2D eigenvalue weighted by Gasteiger charge is -2.23. The van der Waals surface area contributed by atoms with Crippen LogP contribution >= 0.6 is 12.4 Å². The predicted molar refractivity (Wildman–Crippen MR) is 76.2 cm³/mol. The monoisotopic (exact) mass is 308 g/mol. The van der Waals surface area contributed by atoms with E-state index in [-0.39, 0.29) is 18.4 Å². The fourth-order valence-electron chi connectivity index (χ4n) is 2.42. The maximum atomic E-state index is 12.6. The number of nitrogens with zero attached hydrogens (tertiary/aromatic N) is 3. The lowest BCUT2D eigenvalue weighted by molar-refractivity contribution is 0.387. The Labute approximate surface area is 120 Å². The Morgan fingerprint density at radius 1 is 1.42 bits per heavy atom. The second kappa shape index (κ2) is 5.78. The van der Waals surface area contributed by atoms with Crippen LogP contribution in [0.4, 0.5) is 0 Å².